The van der Waals surface area contributed by atoms with E-state index in [4.69, 9.17) is 0 Å². The average molecular weight is 104 g/mol. The lowest BCUT2D eigenvalue weighted by molar-refractivity contribution is -0.200. The normalized spacial score (nSPS) is 22.1. The molecule has 0 aromatic carbocycles. The fraction of sp³-hybridized carbons (Fsp3) is 0.750. The van der Waals surface area contributed by atoms with Crippen LogP contribution in [0.3, 0.4) is 0 Å². The Balaban J connectivity index is 2.17. The second-order valence-electron chi connectivity index (χ2n) is 1.66. The summed E-state index contributed by atoms with van der Waals surface area (Å²) < 4.78 is 11.0. The van der Waals surface area contributed by atoms with Crippen LogP contribution >= 0.6 is 0 Å². The van der Waals surface area contributed by atoms with Gasteiger partial charge in [0, 0.05) is 12.8 Å². The predicted molar refractivity (Wildman–Crippen MR) is 20.2 cm³/mol. The molecule has 0 N–H and O–H groups in total. The third-order valence-electron chi connectivity index (χ3n) is 1.04. The molecule has 0 amide bonds. The van der Waals surface area contributed by atoms with Crippen molar-refractivity contribution in [3.63, 3.8) is 0 Å². The predicted octanol–water partition coefficient (Wildman–Crippen LogP) is 0.619. The van der Waals surface area contributed by atoms with E-state index in [9.17, 15) is 9.32 Å². The Morgan fingerprint density at radius 2 is 2.29 bits per heavy atom. The molecule has 0 aliphatic heterocycles. The first-order valence-electron chi connectivity index (χ1n) is 2.12. The van der Waals surface area contributed by atoms with Crippen molar-refractivity contribution in [2.24, 2.45) is 0 Å². The molecule has 0 saturated heterocycles. The van der Waals surface area contributed by atoms with E-state index in [1.165, 1.54) is 0 Å². The van der Waals surface area contributed by atoms with Gasteiger partial charge in [0.2, 0.25) is 0 Å². The first-order valence-corrected chi connectivity index (χ1v) is 2.12. The van der Waals surface area contributed by atoms with Crippen LogP contribution in [0.2, 0.25) is 0 Å². The van der Waals surface area contributed by atoms with Crippen LogP contribution in [0.25, 0.3) is 0 Å². The van der Waals surface area contributed by atoms with Crippen LogP contribution in [-0.2, 0) is 9.74 Å². The summed E-state index contributed by atoms with van der Waals surface area (Å²) in [6.07, 6.45) is 0.0972. The highest BCUT2D eigenvalue weighted by Crippen LogP contribution is 2.17. The van der Waals surface area contributed by atoms with Crippen molar-refractivity contribution in [1.82, 2.24) is 0 Å². The highest BCUT2D eigenvalue weighted by atomic mass is 19.3. The Hall–Kier alpha value is -0.440. The second-order valence-corrected chi connectivity index (χ2v) is 1.66. The zero-order chi connectivity index (χ0) is 5.28. The van der Waals surface area contributed by atoms with Crippen LogP contribution in [0.15, 0.2) is 0 Å². The van der Waals surface area contributed by atoms with Crippen LogP contribution in [0.4, 0.5) is 4.53 Å². The Kier molecular flexibility index (Phi) is 1.06. The number of halogens is 1. The van der Waals surface area contributed by atoms with Crippen LogP contribution < -0.4 is 0 Å². The van der Waals surface area contributed by atoms with Gasteiger partial charge in [0.25, 0.3) is 0 Å². The van der Waals surface area contributed by atoms with Crippen molar-refractivity contribution in [3.05, 3.63) is 0 Å². The van der Waals surface area contributed by atoms with Crippen molar-refractivity contribution >= 4 is 5.78 Å². The Morgan fingerprint density at radius 1 is 1.71 bits per heavy atom. The summed E-state index contributed by atoms with van der Waals surface area (Å²) in [4.78, 5) is 13.4. The Morgan fingerprint density at radius 3 is 2.43 bits per heavy atom. The molecule has 1 rings (SSSR count). The molecule has 7 heavy (non-hydrogen) atoms. The maximum absolute atomic E-state index is 11.0. The Bertz CT molecular complexity index is 83.7. The van der Waals surface area contributed by atoms with E-state index in [0.29, 0.717) is 0 Å². The third-order valence-corrected chi connectivity index (χ3v) is 1.04. The summed E-state index contributed by atoms with van der Waals surface area (Å²) in [5, 5.41) is 0. The smallest absolute Gasteiger partial charge is 0.138 e. The van der Waals surface area contributed by atoms with Gasteiger partial charge in [-0.05, 0) is 4.53 Å². The van der Waals surface area contributed by atoms with Crippen LogP contribution in [0.5, 0.6) is 0 Å². The largest absolute Gasteiger partial charge is 0.299 e. The zero-order valence-electron chi connectivity index (χ0n) is 3.69. The van der Waals surface area contributed by atoms with E-state index in [1.54, 1.807) is 0 Å². The van der Waals surface area contributed by atoms with E-state index < -0.39 is 6.10 Å². The van der Waals surface area contributed by atoms with Gasteiger partial charge >= 0.3 is 0 Å². The fourth-order valence-electron chi connectivity index (χ4n) is 0.511. The monoisotopic (exact) mass is 104 g/mol. The standard InChI is InChI=1S/C4H5FO2/c5-7-4-1-3(6)2-4/h4H,1-2H2. The van der Waals surface area contributed by atoms with Gasteiger partial charge in [-0.25, -0.2) is 0 Å². The molecule has 0 unspecified atom stereocenters. The van der Waals surface area contributed by atoms with Gasteiger partial charge in [-0.15, -0.1) is 0 Å². The topological polar surface area (TPSA) is 26.3 Å². The second kappa shape index (κ2) is 1.58. The van der Waals surface area contributed by atoms with Crippen LogP contribution in [0.1, 0.15) is 12.8 Å². The van der Waals surface area contributed by atoms with Crippen LogP contribution in [0, 0.1) is 0 Å². The molecule has 0 radical (unpaired) electrons. The number of ketones is 1. The summed E-state index contributed by atoms with van der Waals surface area (Å²) in [5.74, 6) is 0.0858. The summed E-state index contributed by atoms with van der Waals surface area (Å²) in [7, 11) is 0. The summed E-state index contributed by atoms with van der Waals surface area (Å²) in [6, 6.07) is 0. The van der Waals surface area contributed by atoms with E-state index in [1.807, 2.05) is 0 Å². The molecule has 1 aliphatic rings. The molecule has 2 nitrogen and oxygen atoms in total. The minimum absolute atomic E-state index is 0.0858. The molecule has 40 valence electrons. The summed E-state index contributed by atoms with van der Waals surface area (Å²) >= 11 is 0. The minimum atomic E-state index is -0.424. The zero-order valence-corrected chi connectivity index (χ0v) is 3.69. The van der Waals surface area contributed by atoms with Gasteiger partial charge in [0.15, 0.2) is 0 Å². The number of carbonyl (C=O) groups is 1. The SMILES string of the molecule is O=C1CC(OF)C1. The number of hydrogen-bond acceptors (Lipinski definition) is 2. The first kappa shape index (κ1) is 4.71. The average Bonchev–Trinajstić information content (AvgIpc) is 1.58. The van der Waals surface area contributed by atoms with Gasteiger partial charge in [0.05, 0.1) is 0 Å². The van der Waals surface area contributed by atoms with Crippen molar-refractivity contribution < 1.29 is 14.3 Å². The van der Waals surface area contributed by atoms with Gasteiger partial charge < -0.3 is 0 Å². The van der Waals surface area contributed by atoms with E-state index in [0.717, 1.165) is 0 Å². The molecule has 0 heterocycles. The lowest BCUT2D eigenvalue weighted by atomic mass is 9.95. The Labute approximate surface area is 40.2 Å². The first-order chi connectivity index (χ1) is 3.33. The molecule has 0 atom stereocenters. The van der Waals surface area contributed by atoms with Gasteiger partial charge in [-0.2, -0.15) is 4.94 Å². The molecule has 0 aromatic heterocycles. The summed E-state index contributed by atoms with van der Waals surface area (Å²) in [6.45, 7) is 0. The third kappa shape index (κ3) is 0.771. The molecule has 1 saturated carbocycles. The molecular formula is C4H5FO2. The maximum atomic E-state index is 11.0. The van der Waals surface area contributed by atoms with Crippen molar-refractivity contribution in [2.45, 2.75) is 18.9 Å². The molecule has 1 fully saturated rings. The van der Waals surface area contributed by atoms with Crippen molar-refractivity contribution in [1.29, 1.82) is 0 Å². The number of hydrogen-bond donors (Lipinski definition) is 0. The van der Waals surface area contributed by atoms with Gasteiger partial charge in [-0.1, -0.05) is 0 Å². The van der Waals surface area contributed by atoms with Crippen LogP contribution in [-0.4, -0.2) is 11.9 Å². The maximum Gasteiger partial charge on any atom is 0.138 e. The highest BCUT2D eigenvalue weighted by Gasteiger charge is 2.27. The van der Waals surface area contributed by atoms with E-state index in [2.05, 4.69) is 4.94 Å². The number of carbonyl (C=O) groups excluding carboxylic acids is 1. The number of Topliss-reactive ketones (excluding diaryl/α,β-unsaturated/α-hetero) is 1. The fourth-order valence-corrected chi connectivity index (χ4v) is 0.511. The van der Waals surface area contributed by atoms with E-state index in [-0.39, 0.29) is 18.6 Å². The minimum Gasteiger partial charge on any atom is -0.299 e. The molecule has 0 bridgehead atoms. The van der Waals surface area contributed by atoms with E-state index >= 15 is 0 Å². The molecule has 0 aromatic rings. The molecule has 1 aliphatic carbocycles. The lowest BCUT2D eigenvalue weighted by Crippen LogP contribution is -2.28. The quantitative estimate of drug-likeness (QED) is 0.487. The number of rotatable bonds is 1. The van der Waals surface area contributed by atoms with Gasteiger partial charge in [0.1, 0.15) is 11.9 Å². The van der Waals surface area contributed by atoms with Crippen molar-refractivity contribution in [2.75, 3.05) is 0 Å². The molecule has 3 heteroatoms. The van der Waals surface area contributed by atoms with Crippen molar-refractivity contribution in [3.8, 4) is 0 Å². The van der Waals surface area contributed by atoms with Gasteiger partial charge in [-0.3, -0.25) is 4.79 Å². The lowest BCUT2D eigenvalue weighted by Gasteiger charge is -2.17. The molecular weight excluding hydrogens is 99.0 g/mol. The summed E-state index contributed by atoms with van der Waals surface area (Å²) in [5.41, 5.74) is 0. The molecule has 0 spiro atoms. The highest BCUT2D eigenvalue weighted by molar-refractivity contribution is 5.85.